The third kappa shape index (κ3) is 4.53. The summed E-state index contributed by atoms with van der Waals surface area (Å²) in [5, 5.41) is 22.7. The highest BCUT2D eigenvalue weighted by atomic mass is 16.6. The first kappa shape index (κ1) is 27.2. The van der Waals surface area contributed by atoms with E-state index in [9.17, 15) is 24.6 Å². The fourth-order valence-corrected chi connectivity index (χ4v) is 5.90. The average Bonchev–Trinajstić information content (AvgIpc) is 3.29. The second kappa shape index (κ2) is 9.56. The van der Waals surface area contributed by atoms with Crippen LogP contribution in [-0.2, 0) is 39.6 Å². The standard InChI is InChI=1S/C30H34N4O7/c1-5-30(39)21-13-23-25-17(14-34(23)26(36)20(21)16-40-27(30)37)12-18-19(24(35)7-6-22(18)31-25)15-32-8-10-33(11-9-32)28(38)41-29(2,3)4/h6-7,12-13,35,39H,5,8-11,14-16H2,1-4H3/t30-/m0/s1. The summed E-state index contributed by atoms with van der Waals surface area (Å²) in [6.45, 7) is 10.1. The molecule has 0 unspecified atom stereocenters. The predicted molar refractivity (Wildman–Crippen MR) is 149 cm³/mol. The number of esters is 1. The maximum atomic E-state index is 13.5. The Hall–Kier alpha value is -3.96. The number of nitrogens with zero attached hydrogens (tertiary/aromatic N) is 4. The number of fused-ring (bicyclic) bond motifs is 5. The average molecular weight is 563 g/mol. The Morgan fingerprint density at radius 1 is 1.15 bits per heavy atom. The molecule has 1 fully saturated rings. The predicted octanol–water partition coefficient (Wildman–Crippen LogP) is 2.84. The number of aromatic nitrogens is 2. The molecule has 6 rings (SSSR count). The van der Waals surface area contributed by atoms with Crippen LogP contribution in [0.2, 0.25) is 0 Å². The van der Waals surface area contributed by atoms with Gasteiger partial charge in [-0.25, -0.2) is 14.6 Å². The lowest BCUT2D eigenvalue weighted by Gasteiger charge is -2.35. The molecule has 0 aliphatic carbocycles. The Labute approximate surface area is 236 Å². The van der Waals surface area contributed by atoms with Crippen molar-refractivity contribution in [3.05, 3.63) is 56.9 Å². The number of aliphatic hydroxyl groups is 1. The SMILES string of the molecule is CC[C@@]1(O)C(=O)OCc2c1cc1n(c2=O)Cc2cc3c(CN4CCN(C(=O)OC(C)(C)C)CC4)c(O)ccc3nc2-1. The smallest absolute Gasteiger partial charge is 0.410 e. The van der Waals surface area contributed by atoms with Crippen LogP contribution < -0.4 is 5.56 Å². The molecule has 3 aliphatic rings. The Balaban J connectivity index is 1.31. The molecule has 1 atom stereocenters. The van der Waals surface area contributed by atoms with Crippen molar-refractivity contribution in [2.45, 2.75) is 65.0 Å². The fourth-order valence-electron chi connectivity index (χ4n) is 5.90. The summed E-state index contributed by atoms with van der Waals surface area (Å²) < 4.78 is 12.3. The number of pyridine rings is 2. The molecule has 0 bridgehead atoms. The molecule has 41 heavy (non-hydrogen) atoms. The van der Waals surface area contributed by atoms with Crippen LogP contribution >= 0.6 is 0 Å². The number of phenols is 1. The molecule has 2 N–H and O–H groups in total. The number of cyclic esters (lactones) is 1. The van der Waals surface area contributed by atoms with Gasteiger partial charge in [0.25, 0.3) is 5.56 Å². The van der Waals surface area contributed by atoms with Crippen molar-refractivity contribution in [3.8, 4) is 17.1 Å². The molecule has 1 saturated heterocycles. The summed E-state index contributed by atoms with van der Waals surface area (Å²) >= 11 is 0. The van der Waals surface area contributed by atoms with Gasteiger partial charge in [-0.05, 0) is 51.5 Å². The molecule has 0 saturated carbocycles. The second-order valence-electron chi connectivity index (χ2n) is 12.0. The second-order valence-corrected chi connectivity index (χ2v) is 12.0. The first-order chi connectivity index (χ1) is 19.4. The molecule has 1 amide bonds. The number of carbonyl (C=O) groups is 2. The summed E-state index contributed by atoms with van der Waals surface area (Å²) in [5.74, 6) is -0.603. The zero-order valence-corrected chi connectivity index (χ0v) is 23.7. The van der Waals surface area contributed by atoms with Gasteiger partial charge in [0.1, 0.15) is 18.0 Å². The lowest BCUT2D eigenvalue weighted by Crippen LogP contribution is -2.49. The Morgan fingerprint density at radius 2 is 1.88 bits per heavy atom. The number of aromatic hydroxyl groups is 1. The lowest BCUT2D eigenvalue weighted by molar-refractivity contribution is -0.172. The maximum Gasteiger partial charge on any atom is 0.410 e. The first-order valence-corrected chi connectivity index (χ1v) is 13.9. The van der Waals surface area contributed by atoms with Gasteiger partial charge in [-0.1, -0.05) is 6.92 Å². The molecule has 0 radical (unpaired) electrons. The van der Waals surface area contributed by atoms with E-state index in [1.165, 1.54) is 0 Å². The van der Waals surface area contributed by atoms with E-state index in [-0.39, 0.29) is 48.1 Å². The molecular weight excluding hydrogens is 528 g/mol. The first-order valence-electron chi connectivity index (χ1n) is 13.9. The fraction of sp³-hybridized carbons (Fsp3) is 0.467. The van der Waals surface area contributed by atoms with Gasteiger partial charge >= 0.3 is 12.1 Å². The van der Waals surface area contributed by atoms with E-state index in [4.69, 9.17) is 14.5 Å². The number of phenolic OH excluding ortho intramolecular Hbond substituents is 1. The van der Waals surface area contributed by atoms with Gasteiger partial charge in [-0.2, -0.15) is 0 Å². The van der Waals surface area contributed by atoms with Crippen LogP contribution in [0.3, 0.4) is 0 Å². The molecule has 11 nitrogen and oxygen atoms in total. The molecular formula is C30H34N4O7. The maximum absolute atomic E-state index is 13.5. The number of rotatable bonds is 3. The van der Waals surface area contributed by atoms with Crippen molar-refractivity contribution < 1.29 is 29.3 Å². The normalized spacial score (nSPS) is 20.4. The third-order valence-electron chi connectivity index (χ3n) is 8.18. The van der Waals surface area contributed by atoms with Crippen LogP contribution in [0.4, 0.5) is 4.79 Å². The van der Waals surface area contributed by atoms with Crippen molar-refractivity contribution in [3.63, 3.8) is 0 Å². The van der Waals surface area contributed by atoms with Crippen molar-refractivity contribution in [1.29, 1.82) is 0 Å². The highest BCUT2D eigenvalue weighted by molar-refractivity contribution is 5.89. The van der Waals surface area contributed by atoms with E-state index in [1.54, 1.807) is 34.6 Å². The largest absolute Gasteiger partial charge is 0.508 e. The molecule has 2 aromatic heterocycles. The van der Waals surface area contributed by atoms with Gasteiger partial charge in [-0.15, -0.1) is 0 Å². The van der Waals surface area contributed by atoms with Gasteiger partial charge in [-0.3, -0.25) is 9.69 Å². The molecule has 11 heteroatoms. The van der Waals surface area contributed by atoms with Gasteiger partial charge < -0.3 is 29.2 Å². The molecule has 3 aromatic rings. The minimum atomic E-state index is -1.88. The summed E-state index contributed by atoms with van der Waals surface area (Å²) in [5.41, 5.74) is 1.15. The van der Waals surface area contributed by atoms with Gasteiger partial charge in [0.15, 0.2) is 5.60 Å². The summed E-state index contributed by atoms with van der Waals surface area (Å²) in [6, 6.07) is 7.02. The van der Waals surface area contributed by atoms with Crippen LogP contribution in [0.25, 0.3) is 22.3 Å². The molecule has 1 aromatic carbocycles. The summed E-state index contributed by atoms with van der Waals surface area (Å²) in [4.78, 5) is 47.1. The third-order valence-corrected chi connectivity index (χ3v) is 8.18. The highest BCUT2D eigenvalue weighted by Gasteiger charge is 2.45. The van der Waals surface area contributed by atoms with E-state index in [0.717, 1.165) is 16.5 Å². The molecule has 216 valence electrons. The Kier molecular flexibility index (Phi) is 6.35. The zero-order valence-electron chi connectivity index (χ0n) is 23.7. The quantitative estimate of drug-likeness (QED) is 0.362. The minimum absolute atomic E-state index is 0.0778. The van der Waals surface area contributed by atoms with Crippen molar-refractivity contribution in [2.24, 2.45) is 0 Å². The number of amides is 1. The molecule has 5 heterocycles. The topological polar surface area (TPSA) is 134 Å². The van der Waals surface area contributed by atoms with Crippen molar-refractivity contribution in [1.82, 2.24) is 19.4 Å². The monoisotopic (exact) mass is 562 g/mol. The Morgan fingerprint density at radius 3 is 2.56 bits per heavy atom. The van der Waals surface area contributed by atoms with Crippen LogP contribution in [0.1, 0.15) is 56.4 Å². The lowest BCUT2D eigenvalue weighted by atomic mass is 9.86. The Bertz CT molecular complexity index is 1650. The van der Waals surface area contributed by atoms with Crippen LogP contribution in [0.5, 0.6) is 5.75 Å². The van der Waals surface area contributed by atoms with Crippen LogP contribution in [0.15, 0.2) is 29.1 Å². The van der Waals surface area contributed by atoms with E-state index in [2.05, 4.69) is 4.90 Å². The van der Waals surface area contributed by atoms with E-state index in [1.807, 2.05) is 26.8 Å². The minimum Gasteiger partial charge on any atom is -0.508 e. The van der Waals surface area contributed by atoms with E-state index in [0.29, 0.717) is 49.6 Å². The van der Waals surface area contributed by atoms with Crippen molar-refractivity contribution in [2.75, 3.05) is 26.2 Å². The van der Waals surface area contributed by atoms with Gasteiger partial charge in [0, 0.05) is 54.8 Å². The number of hydrogen-bond acceptors (Lipinski definition) is 9. The number of carbonyl (C=O) groups excluding carboxylic acids is 2. The highest BCUT2D eigenvalue weighted by Crippen LogP contribution is 2.39. The van der Waals surface area contributed by atoms with Gasteiger partial charge in [0.2, 0.25) is 0 Å². The zero-order chi connectivity index (χ0) is 29.3. The number of hydrogen-bond donors (Lipinski definition) is 2. The van der Waals surface area contributed by atoms with Crippen LogP contribution in [0, 0.1) is 0 Å². The van der Waals surface area contributed by atoms with Gasteiger partial charge in [0.05, 0.1) is 29.0 Å². The number of piperazine rings is 1. The van der Waals surface area contributed by atoms with Crippen molar-refractivity contribution >= 4 is 23.0 Å². The van der Waals surface area contributed by atoms with Crippen LogP contribution in [-0.4, -0.2) is 73.4 Å². The summed E-state index contributed by atoms with van der Waals surface area (Å²) in [7, 11) is 0. The number of benzene rings is 1. The molecule has 3 aliphatic heterocycles. The number of ether oxygens (including phenoxy) is 2. The summed E-state index contributed by atoms with van der Waals surface area (Å²) in [6.07, 6.45) is -0.247. The van der Waals surface area contributed by atoms with E-state index < -0.39 is 17.2 Å². The molecule has 0 spiro atoms. The van der Waals surface area contributed by atoms with E-state index >= 15 is 0 Å².